The monoisotopic (exact) mass is 683 g/mol. The normalized spacial score (nSPS) is 12.3. The van der Waals surface area contributed by atoms with Crippen molar-refractivity contribution in [2.45, 2.75) is 60.0 Å². The van der Waals surface area contributed by atoms with Crippen LogP contribution in [-0.4, -0.2) is 35.7 Å². The van der Waals surface area contributed by atoms with Crippen molar-refractivity contribution in [3.05, 3.63) is 78.5 Å². The molecule has 216 valence electrons. The number of ether oxygens (including phenoxy) is 3. The van der Waals surface area contributed by atoms with Gasteiger partial charge in [0.15, 0.2) is 17.3 Å². The lowest BCUT2D eigenvalue weighted by atomic mass is 9.96. The zero-order valence-corrected chi connectivity index (χ0v) is 27.6. The van der Waals surface area contributed by atoms with E-state index < -0.39 is 0 Å². The van der Waals surface area contributed by atoms with E-state index in [1.165, 1.54) is 4.68 Å². The number of aryl methyl sites for hydroxylation is 1. The Morgan fingerprint density at radius 2 is 1.78 bits per heavy atom. The molecule has 1 atom stereocenters. The van der Waals surface area contributed by atoms with Crippen LogP contribution in [0.4, 0.5) is 0 Å². The highest BCUT2D eigenvalue weighted by Crippen LogP contribution is 2.43. The Morgan fingerprint density at radius 1 is 1.05 bits per heavy atom. The number of hydrogen-bond donors (Lipinski definition) is 0. The van der Waals surface area contributed by atoms with Gasteiger partial charge in [0.2, 0.25) is 0 Å². The van der Waals surface area contributed by atoms with Crippen LogP contribution in [0.2, 0.25) is 0 Å². The van der Waals surface area contributed by atoms with Crippen LogP contribution in [0.5, 0.6) is 17.2 Å². The van der Waals surface area contributed by atoms with Crippen LogP contribution in [0.15, 0.2) is 61.3 Å². The fraction of sp³-hybridized carbons (Fsp3) is 0.344. The summed E-state index contributed by atoms with van der Waals surface area (Å²) in [7, 11) is 1.67. The van der Waals surface area contributed by atoms with E-state index in [0.717, 1.165) is 33.3 Å². The van der Waals surface area contributed by atoms with E-state index in [-0.39, 0.29) is 17.6 Å². The number of para-hydroxylation sites is 1. The molecule has 0 saturated heterocycles. The Hall–Kier alpha value is -3.17. The number of nitrogens with zero attached hydrogens (tertiary/aromatic N) is 3. The van der Waals surface area contributed by atoms with Gasteiger partial charge in [0.05, 0.1) is 41.4 Å². The molecule has 0 aliphatic heterocycles. The molecule has 0 fully saturated rings. The summed E-state index contributed by atoms with van der Waals surface area (Å²) in [4.78, 5) is 18.8. The molecule has 0 aliphatic rings. The summed E-state index contributed by atoms with van der Waals surface area (Å²) in [6.45, 7) is 12.7. The van der Waals surface area contributed by atoms with Crippen LogP contribution < -0.4 is 19.8 Å². The van der Waals surface area contributed by atoms with Crippen molar-refractivity contribution in [2.75, 3.05) is 13.7 Å². The summed E-state index contributed by atoms with van der Waals surface area (Å²) in [5, 5.41) is 5.19. The van der Waals surface area contributed by atoms with Crippen molar-refractivity contribution in [3.8, 4) is 28.6 Å². The average molecular weight is 685 g/mol. The van der Waals surface area contributed by atoms with E-state index in [4.69, 9.17) is 24.3 Å². The van der Waals surface area contributed by atoms with Gasteiger partial charge in [-0.05, 0) is 106 Å². The minimum atomic E-state index is -0.264. The van der Waals surface area contributed by atoms with Crippen LogP contribution in [-0.2, 0) is 0 Å². The number of aromatic nitrogens is 2. The minimum absolute atomic E-state index is 0.00481. The third kappa shape index (κ3) is 6.36. The molecule has 0 N–H and O–H groups in total. The van der Waals surface area contributed by atoms with Gasteiger partial charge < -0.3 is 14.2 Å². The predicted octanol–water partition coefficient (Wildman–Crippen LogP) is 8.49. The van der Waals surface area contributed by atoms with Gasteiger partial charge in [-0.3, -0.25) is 4.79 Å². The Balaban J connectivity index is 1.95. The summed E-state index contributed by atoms with van der Waals surface area (Å²) in [5.41, 5.74) is 3.80. The van der Waals surface area contributed by atoms with E-state index in [2.05, 4.69) is 52.6 Å². The SMILES string of the molecule is CCOc1cc(C=Nn2c(-c3cc(C(C)C)c(OC)cc3C)nc3ccccc3c2=O)c(Br)c(Br)c1O[C@H](C)CC. The zero-order chi connectivity index (χ0) is 29.8. The van der Waals surface area contributed by atoms with Crippen molar-refractivity contribution in [2.24, 2.45) is 5.10 Å². The molecule has 7 nitrogen and oxygen atoms in total. The first kappa shape index (κ1) is 30.8. The van der Waals surface area contributed by atoms with Gasteiger partial charge in [-0.2, -0.15) is 9.78 Å². The molecule has 9 heteroatoms. The minimum Gasteiger partial charge on any atom is -0.496 e. The fourth-order valence-electron chi connectivity index (χ4n) is 4.45. The lowest BCUT2D eigenvalue weighted by Crippen LogP contribution is -2.21. The van der Waals surface area contributed by atoms with Crippen molar-refractivity contribution in [1.29, 1.82) is 0 Å². The first-order chi connectivity index (χ1) is 19.6. The van der Waals surface area contributed by atoms with Crippen molar-refractivity contribution >= 4 is 49.0 Å². The molecule has 0 amide bonds. The quantitative estimate of drug-likeness (QED) is 0.157. The maximum Gasteiger partial charge on any atom is 0.282 e. The molecular weight excluding hydrogens is 650 g/mol. The molecule has 1 heterocycles. The third-order valence-corrected chi connectivity index (χ3v) is 9.00. The van der Waals surface area contributed by atoms with Crippen molar-refractivity contribution < 1.29 is 14.2 Å². The fourth-order valence-corrected chi connectivity index (χ4v) is 5.36. The standard InChI is InChI=1S/C32H35Br2N3O4/c1-8-20(6)41-30-27(40-9-2)15-21(28(33)29(30)34)17-35-37-31(36-25-13-11-10-12-22(25)32(37)38)24-16-23(18(3)4)26(39-7)14-19(24)5/h10-18,20H,8-9H2,1-7H3/t20-/m1/s1. The predicted molar refractivity (Wildman–Crippen MR) is 173 cm³/mol. The first-order valence-corrected chi connectivity index (χ1v) is 15.3. The molecule has 4 aromatic rings. The summed E-state index contributed by atoms with van der Waals surface area (Å²) in [5.74, 6) is 2.65. The highest BCUT2D eigenvalue weighted by atomic mass is 79.9. The molecule has 1 aromatic heterocycles. The van der Waals surface area contributed by atoms with E-state index in [1.54, 1.807) is 19.4 Å². The lowest BCUT2D eigenvalue weighted by Gasteiger charge is -2.19. The third-order valence-electron chi connectivity index (χ3n) is 6.86. The molecule has 0 saturated carbocycles. The largest absolute Gasteiger partial charge is 0.496 e. The van der Waals surface area contributed by atoms with Gasteiger partial charge in [-0.1, -0.05) is 32.9 Å². The number of benzene rings is 3. The van der Waals surface area contributed by atoms with E-state index in [9.17, 15) is 4.79 Å². The summed E-state index contributed by atoms with van der Waals surface area (Å²) in [6, 6.07) is 13.2. The molecule has 3 aromatic carbocycles. The smallest absolute Gasteiger partial charge is 0.282 e. The Kier molecular flexibility index (Phi) is 9.92. The highest BCUT2D eigenvalue weighted by molar-refractivity contribution is 9.13. The second-order valence-corrected chi connectivity index (χ2v) is 11.7. The average Bonchev–Trinajstić information content (AvgIpc) is 2.96. The highest BCUT2D eigenvalue weighted by Gasteiger charge is 2.21. The molecule has 0 aliphatic carbocycles. The molecular formula is C32H35Br2N3O4. The number of rotatable bonds is 10. The topological polar surface area (TPSA) is 74.9 Å². The summed E-state index contributed by atoms with van der Waals surface area (Å²) in [6.07, 6.45) is 2.49. The van der Waals surface area contributed by atoms with Gasteiger partial charge in [0.25, 0.3) is 5.56 Å². The van der Waals surface area contributed by atoms with Crippen LogP contribution in [0.3, 0.4) is 0 Å². The molecule has 41 heavy (non-hydrogen) atoms. The lowest BCUT2D eigenvalue weighted by molar-refractivity contribution is 0.201. The van der Waals surface area contributed by atoms with Crippen LogP contribution >= 0.6 is 31.9 Å². The van der Waals surface area contributed by atoms with Crippen molar-refractivity contribution in [3.63, 3.8) is 0 Å². The molecule has 0 radical (unpaired) electrons. The van der Waals surface area contributed by atoms with Gasteiger partial charge in [0, 0.05) is 15.6 Å². The van der Waals surface area contributed by atoms with Crippen LogP contribution in [0.1, 0.15) is 63.6 Å². The van der Waals surface area contributed by atoms with E-state index in [0.29, 0.717) is 44.9 Å². The van der Waals surface area contributed by atoms with Gasteiger partial charge >= 0.3 is 0 Å². The maximum atomic E-state index is 13.8. The van der Waals surface area contributed by atoms with Crippen LogP contribution in [0.25, 0.3) is 22.3 Å². The number of methoxy groups -OCH3 is 1. The molecule has 0 unspecified atom stereocenters. The second kappa shape index (κ2) is 13.2. The van der Waals surface area contributed by atoms with Crippen molar-refractivity contribution in [1.82, 2.24) is 9.66 Å². The Bertz CT molecular complexity index is 1660. The van der Waals surface area contributed by atoms with Crippen LogP contribution in [0, 0.1) is 6.92 Å². The zero-order valence-electron chi connectivity index (χ0n) is 24.4. The first-order valence-electron chi connectivity index (χ1n) is 13.7. The second-order valence-electron chi connectivity index (χ2n) is 10.1. The molecule has 0 spiro atoms. The maximum absolute atomic E-state index is 13.8. The molecule has 0 bridgehead atoms. The number of fused-ring (bicyclic) bond motifs is 1. The van der Waals surface area contributed by atoms with Gasteiger partial charge in [0.1, 0.15) is 5.75 Å². The summed E-state index contributed by atoms with van der Waals surface area (Å²) >= 11 is 7.36. The Labute approximate surface area is 257 Å². The number of hydrogen-bond acceptors (Lipinski definition) is 6. The van der Waals surface area contributed by atoms with E-state index >= 15 is 0 Å². The van der Waals surface area contributed by atoms with Gasteiger partial charge in [-0.15, -0.1) is 0 Å². The molecule has 4 rings (SSSR count). The van der Waals surface area contributed by atoms with Gasteiger partial charge in [-0.25, -0.2) is 4.98 Å². The number of halogens is 2. The van der Waals surface area contributed by atoms with E-state index in [1.807, 2.05) is 57.2 Å². The Morgan fingerprint density at radius 3 is 2.44 bits per heavy atom. The summed E-state index contributed by atoms with van der Waals surface area (Å²) < 4.78 is 20.6.